The van der Waals surface area contributed by atoms with Gasteiger partial charge in [0, 0.05) is 25.7 Å². The molecule has 0 aromatic rings. The maximum Gasteiger partial charge on any atom is 0.0589 e. The van der Waals surface area contributed by atoms with E-state index in [1.165, 1.54) is 12.8 Å². The van der Waals surface area contributed by atoms with Crippen molar-refractivity contribution in [1.29, 1.82) is 0 Å². The molecule has 2 N–H and O–H groups in total. The Morgan fingerprint density at radius 2 is 2.13 bits per heavy atom. The van der Waals surface area contributed by atoms with E-state index in [2.05, 4.69) is 25.7 Å². The molecule has 1 aliphatic rings. The smallest absolute Gasteiger partial charge is 0.0589 e. The van der Waals surface area contributed by atoms with Crippen LogP contribution in [0.25, 0.3) is 0 Å². The average molecular weight is 214 g/mol. The molecule has 0 spiro atoms. The van der Waals surface area contributed by atoms with Gasteiger partial charge >= 0.3 is 0 Å². The van der Waals surface area contributed by atoms with Gasteiger partial charge in [0.15, 0.2) is 0 Å². The zero-order valence-electron chi connectivity index (χ0n) is 10.6. The highest BCUT2D eigenvalue weighted by molar-refractivity contribution is 4.98. The van der Waals surface area contributed by atoms with Crippen LogP contribution in [0.1, 0.15) is 33.6 Å². The Labute approximate surface area is 94.0 Å². The summed E-state index contributed by atoms with van der Waals surface area (Å²) in [7, 11) is 1.76. The number of hydrogen-bond donors (Lipinski definition) is 1. The van der Waals surface area contributed by atoms with Crippen LogP contribution in [0, 0.1) is 5.41 Å². The molecule has 0 aromatic carbocycles. The standard InChI is InChI=1S/C12H26N2O/c1-5-14(8-9-15-4)10-6-7-12(2,3)11(10)13/h10-11H,5-9,13H2,1-4H3. The number of nitrogens with zero attached hydrogens (tertiary/aromatic N) is 1. The van der Waals surface area contributed by atoms with Crippen LogP contribution in [0.2, 0.25) is 0 Å². The molecule has 0 bridgehead atoms. The van der Waals surface area contributed by atoms with Crippen LogP contribution in [0.15, 0.2) is 0 Å². The Morgan fingerprint density at radius 3 is 2.53 bits per heavy atom. The fourth-order valence-electron chi connectivity index (χ4n) is 2.56. The van der Waals surface area contributed by atoms with Gasteiger partial charge in [-0.25, -0.2) is 0 Å². The molecule has 1 rings (SSSR count). The minimum atomic E-state index is 0.297. The van der Waals surface area contributed by atoms with Gasteiger partial charge in [0.2, 0.25) is 0 Å². The van der Waals surface area contributed by atoms with Crippen LogP contribution in [0.4, 0.5) is 0 Å². The summed E-state index contributed by atoms with van der Waals surface area (Å²) >= 11 is 0. The van der Waals surface area contributed by atoms with Crippen molar-refractivity contribution in [2.45, 2.75) is 45.7 Å². The van der Waals surface area contributed by atoms with Gasteiger partial charge in [-0.15, -0.1) is 0 Å². The Morgan fingerprint density at radius 1 is 1.47 bits per heavy atom. The van der Waals surface area contributed by atoms with Gasteiger partial charge in [0.25, 0.3) is 0 Å². The van der Waals surface area contributed by atoms with E-state index in [1.807, 2.05) is 0 Å². The molecule has 0 heterocycles. The topological polar surface area (TPSA) is 38.5 Å². The van der Waals surface area contributed by atoms with Gasteiger partial charge in [0.05, 0.1) is 6.61 Å². The van der Waals surface area contributed by atoms with Gasteiger partial charge in [0.1, 0.15) is 0 Å². The van der Waals surface area contributed by atoms with Crippen molar-refractivity contribution in [3.8, 4) is 0 Å². The lowest BCUT2D eigenvalue weighted by atomic mass is 9.87. The first-order valence-electron chi connectivity index (χ1n) is 6.01. The molecule has 2 atom stereocenters. The maximum atomic E-state index is 6.32. The van der Waals surface area contributed by atoms with Gasteiger partial charge in [-0.2, -0.15) is 0 Å². The summed E-state index contributed by atoms with van der Waals surface area (Å²) in [5.41, 5.74) is 6.62. The second-order valence-corrected chi connectivity index (χ2v) is 5.24. The van der Waals surface area contributed by atoms with E-state index in [1.54, 1.807) is 7.11 Å². The van der Waals surface area contributed by atoms with E-state index in [9.17, 15) is 0 Å². The lowest BCUT2D eigenvalue weighted by molar-refractivity contribution is 0.112. The predicted molar refractivity (Wildman–Crippen MR) is 63.9 cm³/mol. The van der Waals surface area contributed by atoms with Crippen LogP contribution in [-0.4, -0.2) is 43.8 Å². The molecule has 3 heteroatoms. The summed E-state index contributed by atoms with van der Waals surface area (Å²) in [5.74, 6) is 0. The van der Waals surface area contributed by atoms with Crippen molar-refractivity contribution in [3.05, 3.63) is 0 Å². The van der Waals surface area contributed by atoms with Gasteiger partial charge < -0.3 is 10.5 Å². The molecule has 1 aliphatic carbocycles. The maximum absolute atomic E-state index is 6.32. The highest BCUT2D eigenvalue weighted by Crippen LogP contribution is 2.38. The van der Waals surface area contributed by atoms with E-state index >= 15 is 0 Å². The number of ether oxygens (including phenoxy) is 1. The lowest BCUT2D eigenvalue weighted by Gasteiger charge is -2.34. The van der Waals surface area contributed by atoms with Crippen molar-refractivity contribution >= 4 is 0 Å². The zero-order valence-corrected chi connectivity index (χ0v) is 10.6. The Bertz CT molecular complexity index is 194. The van der Waals surface area contributed by atoms with E-state index in [0.717, 1.165) is 19.7 Å². The van der Waals surface area contributed by atoms with Crippen molar-refractivity contribution in [2.75, 3.05) is 26.8 Å². The summed E-state index contributed by atoms with van der Waals surface area (Å²) in [6, 6.07) is 0.842. The SMILES string of the molecule is CCN(CCOC)C1CCC(C)(C)C1N. The molecule has 3 nitrogen and oxygen atoms in total. The van der Waals surface area contributed by atoms with E-state index in [0.29, 0.717) is 17.5 Å². The fourth-order valence-corrected chi connectivity index (χ4v) is 2.56. The predicted octanol–water partition coefficient (Wildman–Crippen LogP) is 1.47. The Balaban J connectivity index is 2.54. The number of methoxy groups -OCH3 is 1. The zero-order chi connectivity index (χ0) is 11.5. The van der Waals surface area contributed by atoms with E-state index in [-0.39, 0.29) is 0 Å². The first-order chi connectivity index (χ1) is 7.03. The van der Waals surface area contributed by atoms with Crippen LogP contribution >= 0.6 is 0 Å². The molecule has 0 amide bonds. The molecule has 0 radical (unpaired) electrons. The van der Waals surface area contributed by atoms with E-state index in [4.69, 9.17) is 10.5 Å². The molecule has 2 unspecified atom stereocenters. The quantitative estimate of drug-likeness (QED) is 0.753. The molecule has 1 fully saturated rings. The van der Waals surface area contributed by atoms with Gasteiger partial charge in [-0.3, -0.25) is 4.90 Å². The molecular formula is C12H26N2O. The number of rotatable bonds is 5. The second-order valence-electron chi connectivity index (χ2n) is 5.24. The third kappa shape index (κ3) is 2.92. The normalized spacial score (nSPS) is 30.0. The van der Waals surface area contributed by atoms with Crippen molar-refractivity contribution in [1.82, 2.24) is 4.90 Å². The summed E-state index contributed by atoms with van der Waals surface area (Å²) in [6.07, 6.45) is 2.47. The van der Waals surface area contributed by atoms with Gasteiger partial charge in [-0.1, -0.05) is 20.8 Å². The van der Waals surface area contributed by atoms with E-state index < -0.39 is 0 Å². The monoisotopic (exact) mass is 214 g/mol. The van der Waals surface area contributed by atoms with Crippen LogP contribution < -0.4 is 5.73 Å². The van der Waals surface area contributed by atoms with Crippen molar-refractivity contribution < 1.29 is 4.74 Å². The Kier molecular flexibility index (Phi) is 4.56. The lowest BCUT2D eigenvalue weighted by Crippen LogP contribution is -2.49. The molecule has 0 aromatic heterocycles. The summed E-state index contributed by atoms with van der Waals surface area (Å²) < 4.78 is 5.14. The average Bonchev–Trinajstić information content (AvgIpc) is 2.46. The largest absolute Gasteiger partial charge is 0.383 e. The number of hydrogen-bond acceptors (Lipinski definition) is 3. The molecule has 0 saturated heterocycles. The summed E-state index contributed by atoms with van der Waals surface area (Å²) in [6.45, 7) is 9.63. The van der Waals surface area contributed by atoms with Crippen molar-refractivity contribution in [2.24, 2.45) is 11.1 Å². The second kappa shape index (κ2) is 5.28. The first-order valence-corrected chi connectivity index (χ1v) is 6.01. The Hall–Kier alpha value is -0.120. The summed E-state index contributed by atoms with van der Waals surface area (Å²) in [5, 5.41) is 0. The third-order valence-corrected chi connectivity index (χ3v) is 3.86. The summed E-state index contributed by atoms with van der Waals surface area (Å²) in [4.78, 5) is 2.46. The number of nitrogens with two attached hydrogens (primary N) is 1. The highest BCUT2D eigenvalue weighted by Gasteiger charge is 2.41. The minimum absolute atomic E-state index is 0.297. The van der Waals surface area contributed by atoms with Crippen LogP contribution in [0.5, 0.6) is 0 Å². The third-order valence-electron chi connectivity index (χ3n) is 3.86. The highest BCUT2D eigenvalue weighted by atomic mass is 16.5. The first kappa shape index (κ1) is 12.9. The van der Waals surface area contributed by atoms with Gasteiger partial charge in [-0.05, 0) is 24.8 Å². The molecular weight excluding hydrogens is 188 g/mol. The van der Waals surface area contributed by atoms with Crippen molar-refractivity contribution in [3.63, 3.8) is 0 Å². The molecule has 15 heavy (non-hydrogen) atoms. The number of likely N-dealkylation sites (N-methyl/N-ethyl adjacent to an activating group) is 1. The minimum Gasteiger partial charge on any atom is -0.383 e. The van der Waals surface area contributed by atoms with Crippen LogP contribution in [0.3, 0.4) is 0 Å². The molecule has 90 valence electrons. The fraction of sp³-hybridized carbons (Fsp3) is 1.00. The molecule has 0 aliphatic heterocycles. The van der Waals surface area contributed by atoms with Crippen LogP contribution in [-0.2, 0) is 4.74 Å². The molecule has 1 saturated carbocycles.